The first-order valence-electron chi connectivity index (χ1n) is 6.09. The Morgan fingerprint density at radius 3 is 2.61 bits per heavy atom. The van der Waals surface area contributed by atoms with Gasteiger partial charge in [-0.05, 0) is 6.42 Å². The van der Waals surface area contributed by atoms with Gasteiger partial charge in [0.1, 0.15) is 11.7 Å². The monoisotopic (exact) mass is 369 g/mol. The van der Waals surface area contributed by atoms with Crippen LogP contribution in [0.5, 0.6) is 0 Å². The molecule has 3 rings (SSSR count). The summed E-state index contributed by atoms with van der Waals surface area (Å²) in [4.78, 5) is 40.7. The Balaban J connectivity index is 0.00000192. The molecule has 2 amide bonds. The second-order valence-electron chi connectivity index (χ2n) is 4.81. The minimum absolute atomic E-state index is 0. The molecule has 1 aromatic heterocycles. The average Bonchev–Trinajstić information content (AvgIpc) is 2.99. The van der Waals surface area contributed by atoms with E-state index < -0.39 is 40.0 Å². The molecule has 13 heteroatoms. The number of hydrogen-bond acceptors (Lipinski definition) is 8. The summed E-state index contributed by atoms with van der Waals surface area (Å²) in [7, 11) is -4.65. The summed E-state index contributed by atoms with van der Waals surface area (Å²) in [5, 5.41) is 1.46. The molecule has 0 bridgehead atoms. The standard InChI is InChI=1S/C10H10N4O6S2.Na/c11-10-12-4(3-21-10)7(15)9(17)13-2-1-5-6(13)8(16)14(5)22(18,19)20;/h3,5-6H,1-2H2,(H2,11,12)(H,18,19,20);/t5-,6+;/m1./s1. The Labute approximate surface area is 156 Å². The largest absolute Gasteiger partial charge is 0.375 e. The fourth-order valence-electron chi connectivity index (χ4n) is 2.68. The Morgan fingerprint density at radius 2 is 2.09 bits per heavy atom. The van der Waals surface area contributed by atoms with Gasteiger partial charge >= 0.3 is 10.3 Å². The topological polar surface area (TPSA) is 151 Å². The average molecular weight is 369 g/mol. The van der Waals surface area contributed by atoms with E-state index in [0.717, 1.165) is 16.2 Å². The zero-order valence-electron chi connectivity index (χ0n) is 11.9. The smallest absolute Gasteiger partial charge is 0.362 e. The second kappa shape index (κ2) is 6.11. The number of nitrogen functional groups attached to an aromatic ring is 1. The molecule has 0 aromatic carbocycles. The predicted octanol–water partition coefficient (Wildman–Crippen LogP) is -1.86. The fraction of sp³-hybridized carbons (Fsp3) is 0.400. The number of amides is 2. The number of fused-ring (bicyclic) bond motifs is 1. The van der Waals surface area contributed by atoms with Crippen molar-refractivity contribution in [2.75, 3.05) is 12.3 Å². The summed E-state index contributed by atoms with van der Waals surface area (Å²) in [6.45, 7) is 0.0390. The normalized spacial score (nSPS) is 23.1. The maximum atomic E-state index is 12.2. The van der Waals surface area contributed by atoms with Gasteiger partial charge in [0, 0.05) is 41.5 Å². The molecule has 1 radical (unpaired) electrons. The van der Waals surface area contributed by atoms with Crippen molar-refractivity contribution in [3.63, 3.8) is 0 Å². The summed E-state index contributed by atoms with van der Waals surface area (Å²) in [6, 6.07) is -1.88. The number of Topliss-reactive ketones (excluding diaryl/α,β-unsaturated/α-hetero) is 1. The fourth-order valence-corrected chi connectivity index (χ4v) is 4.12. The maximum Gasteiger partial charge on any atom is 0.362 e. The molecular weight excluding hydrogens is 359 g/mol. The SMILES string of the molecule is Nc1nc(C(=O)C(=O)N2CC[C@@H]3[C@H]2C(=O)N3S(=O)(=O)O)cs1.[Na]. The second-order valence-corrected chi connectivity index (χ2v) is 6.99. The number of aromatic nitrogens is 1. The molecule has 10 nitrogen and oxygen atoms in total. The number of nitrogens with two attached hydrogens (primary N) is 1. The number of anilines is 1. The number of carbonyl (C=O) groups is 3. The predicted molar refractivity (Wildman–Crippen MR) is 78.9 cm³/mol. The van der Waals surface area contributed by atoms with Gasteiger partial charge in [-0.25, -0.2) is 9.29 Å². The molecule has 2 fully saturated rings. The van der Waals surface area contributed by atoms with Crippen LogP contribution < -0.4 is 5.73 Å². The molecule has 0 aliphatic carbocycles. The van der Waals surface area contributed by atoms with Gasteiger partial charge in [-0.3, -0.25) is 18.9 Å². The minimum Gasteiger partial charge on any atom is -0.375 e. The van der Waals surface area contributed by atoms with Crippen LogP contribution in [0.3, 0.4) is 0 Å². The van der Waals surface area contributed by atoms with E-state index in [1.165, 1.54) is 5.38 Å². The molecule has 2 atom stereocenters. The van der Waals surface area contributed by atoms with Crippen LogP contribution >= 0.6 is 11.3 Å². The van der Waals surface area contributed by atoms with Gasteiger partial charge in [0.05, 0.1) is 6.04 Å². The molecule has 0 unspecified atom stereocenters. The zero-order valence-corrected chi connectivity index (χ0v) is 15.5. The van der Waals surface area contributed by atoms with Crippen molar-refractivity contribution in [3.05, 3.63) is 11.1 Å². The van der Waals surface area contributed by atoms with E-state index in [0.29, 0.717) is 4.31 Å². The number of carbonyl (C=O) groups excluding carboxylic acids is 3. The Kier molecular flexibility index (Phi) is 4.86. The number of ketones is 1. The van der Waals surface area contributed by atoms with Crippen LogP contribution in [-0.4, -0.2) is 92.9 Å². The van der Waals surface area contributed by atoms with Crippen LogP contribution in [0.15, 0.2) is 5.38 Å². The van der Waals surface area contributed by atoms with E-state index in [2.05, 4.69) is 4.98 Å². The summed E-state index contributed by atoms with van der Waals surface area (Å²) in [5.74, 6) is -2.78. The van der Waals surface area contributed by atoms with Gasteiger partial charge in [0.2, 0.25) is 0 Å². The van der Waals surface area contributed by atoms with Crippen LogP contribution in [0.1, 0.15) is 16.9 Å². The number of thiazole rings is 1. The first-order valence-corrected chi connectivity index (χ1v) is 8.36. The van der Waals surface area contributed by atoms with Gasteiger partial charge in [-0.15, -0.1) is 11.3 Å². The Bertz CT molecular complexity index is 793. The molecule has 1 aromatic rings. The first-order chi connectivity index (χ1) is 10.2. The van der Waals surface area contributed by atoms with Gasteiger partial charge in [-0.2, -0.15) is 8.42 Å². The maximum absolute atomic E-state index is 12.2. The molecule has 2 saturated heterocycles. The zero-order chi connectivity index (χ0) is 16.2. The van der Waals surface area contributed by atoms with Crippen molar-refractivity contribution in [3.8, 4) is 0 Å². The van der Waals surface area contributed by atoms with Crippen molar-refractivity contribution < 1.29 is 27.4 Å². The van der Waals surface area contributed by atoms with Crippen LogP contribution in [0, 0.1) is 0 Å². The van der Waals surface area contributed by atoms with E-state index in [1.54, 1.807) is 0 Å². The van der Waals surface area contributed by atoms with E-state index in [4.69, 9.17) is 10.3 Å². The molecule has 2 aliphatic rings. The van der Waals surface area contributed by atoms with Gasteiger partial charge < -0.3 is 10.6 Å². The van der Waals surface area contributed by atoms with Crippen molar-refractivity contribution in [2.24, 2.45) is 0 Å². The summed E-state index contributed by atoms with van der Waals surface area (Å²) < 4.78 is 31.4. The van der Waals surface area contributed by atoms with Gasteiger partial charge in [0.15, 0.2) is 5.13 Å². The van der Waals surface area contributed by atoms with Crippen molar-refractivity contribution in [1.29, 1.82) is 0 Å². The van der Waals surface area contributed by atoms with Gasteiger partial charge in [-0.1, -0.05) is 0 Å². The quantitative estimate of drug-likeness (QED) is 0.207. The molecule has 119 valence electrons. The van der Waals surface area contributed by atoms with Crippen molar-refractivity contribution in [1.82, 2.24) is 14.2 Å². The number of β-lactam (4-membered cyclic amide) rings is 1. The van der Waals surface area contributed by atoms with E-state index >= 15 is 0 Å². The molecular formula is C10H10N4NaO6S2. The molecule has 3 N–H and O–H groups in total. The van der Waals surface area contributed by atoms with E-state index in [9.17, 15) is 22.8 Å². The number of nitrogens with zero attached hydrogens (tertiary/aromatic N) is 3. The van der Waals surface area contributed by atoms with Crippen LogP contribution in [0.2, 0.25) is 0 Å². The third kappa shape index (κ3) is 2.90. The van der Waals surface area contributed by atoms with E-state index in [-0.39, 0.29) is 53.3 Å². The third-order valence-electron chi connectivity index (χ3n) is 3.60. The first kappa shape index (κ1) is 18.3. The molecule has 3 heterocycles. The minimum atomic E-state index is -4.65. The number of likely N-dealkylation sites (tertiary alicyclic amines) is 1. The summed E-state index contributed by atoms with van der Waals surface area (Å²) >= 11 is 1.000. The van der Waals surface area contributed by atoms with Crippen molar-refractivity contribution in [2.45, 2.75) is 18.5 Å². The Morgan fingerprint density at radius 1 is 1.43 bits per heavy atom. The molecule has 2 aliphatic heterocycles. The molecule has 0 spiro atoms. The number of rotatable bonds is 3. The van der Waals surface area contributed by atoms with E-state index in [1.807, 2.05) is 0 Å². The Hall–Kier alpha value is -1.05. The van der Waals surface area contributed by atoms with Gasteiger partial charge in [0.25, 0.3) is 17.6 Å². The third-order valence-corrected chi connectivity index (χ3v) is 5.22. The number of hydrogen-bond donors (Lipinski definition) is 2. The summed E-state index contributed by atoms with van der Waals surface area (Å²) in [6.07, 6.45) is 0.161. The summed E-state index contributed by atoms with van der Waals surface area (Å²) in [5.41, 5.74) is 5.28. The van der Waals surface area contributed by atoms with Crippen LogP contribution in [0.4, 0.5) is 5.13 Å². The van der Waals surface area contributed by atoms with Crippen LogP contribution in [0.25, 0.3) is 0 Å². The molecule has 0 saturated carbocycles. The molecule has 23 heavy (non-hydrogen) atoms. The van der Waals surface area contributed by atoms with Crippen molar-refractivity contribution >= 4 is 73.9 Å². The van der Waals surface area contributed by atoms with Crippen LogP contribution in [-0.2, 0) is 19.9 Å².